The lowest BCUT2D eigenvalue weighted by atomic mass is 10.1. The first-order valence-electron chi connectivity index (χ1n) is 9.69. The van der Waals surface area contributed by atoms with Crippen molar-refractivity contribution in [1.29, 1.82) is 0 Å². The Morgan fingerprint density at radius 3 is 2.21 bits per heavy atom. The molecule has 29 heavy (non-hydrogen) atoms. The largest absolute Gasteiger partial charge is 0.489 e. The summed E-state index contributed by atoms with van der Waals surface area (Å²) in [5.41, 5.74) is -0.330. The van der Waals surface area contributed by atoms with Gasteiger partial charge in [-0.1, -0.05) is 12.1 Å². The first-order chi connectivity index (χ1) is 13.3. The maximum Gasteiger partial charge on any atom is 0.410 e. The fourth-order valence-corrected chi connectivity index (χ4v) is 4.15. The summed E-state index contributed by atoms with van der Waals surface area (Å²) in [5, 5.41) is 0. The van der Waals surface area contributed by atoms with Crippen molar-refractivity contribution in [1.82, 2.24) is 9.62 Å². The summed E-state index contributed by atoms with van der Waals surface area (Å²) >= 11 is 0. The Morgan fingerprint density at radius 2 is 1.66 bits per heavy atom. The first kappa shape index (κ1) is 23.3. The van der Waals surface area contributed by atoms with Crippen molar-refractivity contribution >= 4 is 21.8 Å². The van der Waals surface area contributed by atoms with E-state index in [1.165, 1.54) is 0 Å². The van der Waals surface area contributed by atoms with Gasteiger partial charge in [-0.2, -0.15) is 0 Å². The molecule has 8 nitrogen and oxygen atoms in total. The maximum absolute atomic E-state index is 12.3. The quantitative estimate of drug-likeness (QED) is 0.750. The SMILES string of the molecule is CC(C)(COc1ccccc1N1CCN(C(=O)OC(C)(C)C)CC1)NS(C)(=O)=O. The summed E-state index contributed by atoms with van der Waals surface area (Å²) in [7, 11) is -3.33. The molecule has 1 aliphatic rings. The number of piperazine rings is 1. The van der Waals surface area contributed by atoms with E-state index in [2.05, 4.69) is 9.62 Å². The number of carbonyl (C=O) groups is 1. The Balaban J connectivity index is 2.00. The van der Waals surface area contributed by atoms with Crippen LogP contribution >= 0.6 is 0 Å². The molecule has 164 valence electrons. The molecule has 1 aromatic rings. The Labute approximate surface area is 174 Å². The standard InChI is InChI=1S/C20H33N3O5S/c1-19(2,3)28-18(24)23-13-11-22(12-14-23)16-9-7-8-10-17(16)27-15-20(4,5)21-29(6,25)26/h7-10,21H,11-15H2,1-6H3. The molecule has 1 amide bonds. The number of amides is 1. The smallest absolute Gasteiger partial charge is 0.410 e. The van der Waals surface area contributed by atoms with Gasteiger partial charge in [-0.3, -0.25) is 0 Å². The minimum Gasteiger partial charge on any atom is -0.489 e. The summed E-state index contributed by atoms with van der Waals surface area (Å²) in [5.74, 6) is 0.682. The van der Waals surface area contributed by atoms with E-state index in [1.807, 2.05) is 45.0 Å². The zero-order chi connectivity index (χ0) is 21.9. The summed E-state index contributed by atoms with van der Waals surface area (Å²) in [6.45, 7) is 11.7. The van der Waals surface area contributed by atoms with Gasteiger partial charge >= 0.3 is 6.09 Å². The number of sulfonamides is 1. The van der Waals surface area contributed by atoms with Crippen molar-refractivity contribution in [3.8, 4) is 5.75 Å². The van der Waals surface area contributed by atoms with Crippen LogP contribution in [-0.2, 0) is 14.8 Å². The Kier molecular flexibility index (Phi) is 7.06. The predicted octanol–water partition coefficient (Wildman–Crippen LogP) is 2.45. The third kappa shape index (κ3) is 7.74. The summed E-state index contributed by atoms with van der Waals surface area (Å²) < 4.78 is 37.0. The monoisotopic (exact) mass is 427 g/mol. The normalized spacial score (nSPS) is 15.9. The minimum atomic E-state index is -3.33. The van der Waals surface area contributed by atoms with Crippen LogP contribution in [0.4, 0.5) is 10.5 Å². The van der Waals surface area contributed by atoms with E-state index in [0.29, 0.717) is 31.9 Å². The number of hydrogen-bond acceptors (Lipinski definition) is 6. The fourth-order valence-electron chi connectivity index (χ4n) is 3.09. The molecule has 0 spiro atoms. The summed E-state index contributed by atoms with van der Waals surface area (Å²) in [6, 6.07) is 7.65. The van der Waals surface area contributed by atoms with Gasteiger partial charge in [0.25, 0.3) is 0 Å². The highest BCUT2D eigenvalue weighted by Gasteiger charge is 2.28. The van der Waals surface area contributed by atoms with Gasteiger partial charge in [0, 0.05) is 26.2 Å². The second-order valence-corrected chi connectivity index (χ2v) is 10.7. The fraction of sp³-hybridized carbons (Fsp3) is 0.650. The number of ether oxygens (including phenoxy) is 2. The van der Waals surface area contributed by atoms with E-state index in [9.17, 15) is 13.2 Å². The van der Waals surface area contributed by atoms with Crippen molar-refractivity contribution < 1.29 is 22.7 Å². The molecule has 0 saturated carbocycles. The van der Waals surface area contributed by atoms with Crippen molar-refractivity contribution in [3.63, 3.8) is 0 Å². The minimum absolute atomic E-state index is 0.189. The van der Waals surface area contributed by atoms with E-state index < -0.39 is 21.2 Å². The molecular formula is C20H33N3O5S. The lowest BCUT2D eigenvalue weighted by Gasteiger charge is -2.37. The molecule has 0 unspecified atom stereocenters. The molecule has 0 atom stereocenters. The van der Waals surface area contributed by atoms with E-state index in [4.69, 9.17) is 9.47 Å². The zero-order valence-electron chi connectivity index (χ0n) is 18.2. The van der Waals surface area contributed by atoms with Crippen LogP contribution < -0.4 is 14.4 Å². The van der Waals surface area contributed by atoms with Crippen LogP contribution in [0.5, 0.6) is 5.75 Å². The second kappa shape index (κ2) is 8.79. The average Bonchev–Trinajstić information content (AvgIpc) is 2.57. The maximum atomic E-state index is 12.3. The van der Waals surface area contributed by atoms with E-state index in [1.54, 1.807) is 18.7 Å². The summed E-state index contributed by atoms with van der Waals surface area (Å²) in [6.07, 6.45) is 0.836. The van der Waals surface area contributed by atoms with Crippen LogP contribution in [-0.4, -0.2) is 69.6 Å². The second-order valence-electron chi connectivity index (χ2n) is 8.97. The van der Waals surface area contributed by atoms with Crippen LogP contribution in [0.3, 0.4) is 0 Å². The van der Waals surface area contributed by atoms with Crippen LogP contribution in [0.25, 0.3) is 0 Å². The van der Waals surface area contributed by atoms with Gasteiger partial charge in [0.05, 0.1) is 17.5 Å². The molecule has 0 aliphatic carbocycles. The van der Waals surface area contributed by atoms with Gasteiger partial charge in [0.1, 0.15) is 18.0 Å². The van der Waals surface area contributed by atoms with Gasteiger partial charge in [-0.15, -0.1) is 0 Å². The number of para-hydroxylation sites is 2. The number of hydrogen-bond donors (Lipinski definition) is 1. The van der Waals surface area contributed by atoms with Gasteiger partial charge in [0.2, 0.25) is 10.0 Å². The van der Waals surface area contributed by atoms with Crippen LogP contribution in [0, 0.1) is 0 Å². The van der Waals surface area contributed by atoms with Crippen LogP contribution in [0.15, 0.2) is 24.3 Å². The topological polar surface area (TPSA) is 88.2 Å². The molecular weight excluding hydrogens is 394 g/mol. The number of anilines is 1. The predicted molar refractivity (Wildman–Crippen MR) is 114 cm³/mol. The lowest BCUT2D eigenvalue weighted by Crippen LogP contribution is -2.50. The van der Waals surface area contributed by atoms with Gasteiger partial charge in [0.15, 0.2) is 0 Å². The third-order valence-electron chi connectivity index (χ3n) is 4.19. The highest BCUT2D eigenvalue weighted by molar-refractivity contribution is 7.88. The van der Waals surface area contributed by atoms with E-state index >= 15 is 0 Å². The lowest BCUT2D eigenvalue weighted by molar-refractivity contribution is 0.0240. The molecule has 2 rings (SSSR count). The van der Waals surface area contributed by atoms with Crippen molar-refractivity contribution in [2.75, 3.05) is 43.9 Å². The van der Waals surface area contributed by atoms with E-state index in [0.717, 1.165) is 11.9 Å². The highest BCUT2D eigenvalue weighted by Crippen LogP contribution is 2.29. The molecule has 0 aromatic heterocycles. The van der Waals surface area contributed by atoms with Crippen molar-refractivity contribution in [3.05, 3.63) is 24.3 Å². The molecule has 1 saturated heterocycles. The first-order valence-corrected chi connectivity index (χ1v) is 11.6. The van der Waals surface area contributed by atoms with E-state index in [-0.39, 0.29) is 12.7 Å². The number of nitrogens with one attached hydrogen (secondary N) is 1. The van der Waals surface area contributed by atoms with Crippen LogP contribution in [0.1, 0.15) is 34.6 Å². The number of nitrogens with zero attached hydrogens (tertiary/aromatic N) is 2. The number of carbonyl (C=O) groups excluding carboxylic acids is 1. The molecule has 1 aliphatic heterocycles. The molecule has 1 N–H and O–H groups in total. The van der Waals surface area contributed by atoms with Crippen molar-refractivity contribution in [2.24, 2.45) is 0 Å². The van der Waals surface area contributed by atoms with Gasteiger partial charge < -0.3 is 19.3 Å². The molecule has 1 fully saturated rings. The molecule has 1 aromatic carbocycles. The van der Waals surface area contributed by atoms with Crippen LogP contribution in [0.2, 0.25) is 0 Å². The Morgan fingerprint density at radius 1 is 1.07 bits per heavy atom. The summed E-state index contributed by atoms with van der Waals surface area (Å²) in [4.78, 5) is 16.1. The molecule has 1 heterocycles. The van der Waals surface area contributed by atoms with Crippen molar-refractivity contribution in [2.45, 2.75) is 45.8 Å². The van der Waals surface area contributed by atoms with Gasteiger partial charge in [-0.25, -0.2) is 17.9 Å². The Hall–Kier alpha value is -2.00. The zero-order valence-corrected chi connectivity index (χ0v) is 19.0. The number of benzene rings is 1. The molecule has 9 heteroatoms. The number of rotatable bonds is 6. The average molecular weight is 428 g/mol. The highest BCUT2D eigenvalue weighted by atomic mass is 32.2. The molecule has 0 radical (unpaired) electrons. The Bertz CT molecular complexity index is 810. The van der Waals surface area contributed by atoms with Gasteiger partial charge in [-0.05, 0) is 46.8 Å². The third-order valence-corrected chi connectivity index (χ3v) is 5.11. The molecule has 0 bridgehead atoms.